The van der Waals surface area contributed by atoms with Crippen LogP contribution in [0, 0.1) is 23.1 Å². The predicted molar refractivity (Wildman–Crippen MR) is 92.7 cm³/mol. The molecule has 24 heavy (non-hydrogen) atoms. The fraction of sp³-hybridized carbons (Fsp3) is 0.300. The predicted octanol–water partition coefficient (Wildman–Crippen LogP) is 4.26. The smallest absolute Gasteiger partial charge is 0.228 e. The summed E-state index contributed by atoms with van der Waals surface area (Å²) in [7, 11) is 0. The van der Waals surface area contributed by atoms with Gasteiger partial charge >= 0.3 is 0 Å². The average molecular weight is 324 g/mol. The van der Waals surface area contributed by atoms with Gasteiger partial charge < -0.3 is 5.32 Å². The largest absolute Gasteiger partial charge is 0.342 e. The molecule has 0 saturated heterocycles. The summed E-state index contributed by atoms with van der Waals surface area (Å²) in [4.78, 5) is 12.4. The summed E-state index contributed by atoms with van der Waals surface area (Å²) in [6.07, 6.45) is 0.684. The zero-order valence-electron chi connectivity index (χ0n) is 13.9. The van der Waals surface area contributed by atoms with Crippen LogP contribution in [-0.4, -0.2) is 12.5 Å². The molecule has 0 aliphatic rings. The molecule has 2 aromatic rings. The van der Waals surface area contributed by atoms with E-state index >= 15 is 0 Å². The van der Waals surface area contributed by atoms with Crippen molar-refractivity contribution in [1.29, 1.82) is 5.26 Å². The van der Waals surface area contributed by atoms with Crippen molar-refractivity contribution in [3.05, 3.63) is 59.9 Å². The van der Waals surface area contributed by atoms with Crippen molar-refractivity contribution in [2.24, 2.45) is 5.92 Å². The van der Waals surface area contributed by atoms with Crippen LogP contribution in [0.4, 0.5) is 4.39 Å². The van der Waals surface area contributed by atoms with Gasteiger partial charge in [0.15, 0.2) is 0 Å². The van der Waals surface area contributed by atoms with Crippen LogP contribution in [-0.2, 0) is 4.79 Å². The molecule has 1 atom stereocenters. The molecular formula is C20H21FN2O. The SMILES string of the molecule is CC(C)CC(C(=O)NCC#N)c1cccc(-c2cccc(F)c2)c1. The molecule has 2 aromatic carbocycles. The lowest BCUT2D eigenvalue weighted by atomic mass is 9.88. The summed E-state index contributed by atoms with van der Waals surface area (Å²) in [5, 5.41) is 11.3. The third kappa shape index (κ3) is 4.66. The van der Waals surface area contributed by atoms with Gasteiger partial charge in [-0.1, -0.05) is 50.2 Å². The molecule has 2 rings (SSSR count). The fourth-order valence-corrected chi connectivity index (χ4v) is 2.72. The summed E-state index contributed by atoms with van der Waals surface area (Å²) in [6.45, 7) is 4.11. The summed E-state index contributed by atoms with van der Waals surface area (Å²) < 4.78 is 13.5. The topological polar surface area (TPSA) is 52.9 Å². The Morgan fingerprint density at radius 1 is 1.17 bits per heavy atom. The zero-order chi connectivity index (χ0) is 17.5. The minimum absolute atomic E-state index is 0.00296. The van der Waals surface area contributed by atoms with E-state index in [0.29, 0.717) is 12.3 Å². The Morgan fingerprint density at radius 2 is 1.83 bits per heavy atom. The van der Waals surface area contributed by atoms with Crippen LogP contribution in [0.5, 0.6) is 0 Å². The second-order valence-electron chi connectivity index (χ2n) is 6.19. The van der Waals surface area contributed by atoms with Gasteiger partial charge in [0.1, 0.15) is 12.4 Å². The van der Waals surface area contributed by atoms with E-state index in [1.165, 1.54) is 12.1 Å². The van der Waals surface area contributed by atoms with Gasteiger partial charge in [0, 0.05) is 0 Å². The van der Waals surface area contributed by atoms with Crippen molar-refractivity contribution in [2.45, 2.75) is 26.2 Å². The molecule has 0 heterocycles. The van der Waals surface area contributed by atoms with E-state index in [1.807, 2.05) is 36.4 Å². The number of rotatable bonds is 6. The van der Waals surface area contributed by atoms with Gasteiger partial charge in [0.05, 0.1) is 12.0 Å². The monoisotopic (exact) mass is 324 g/mol. The minimum atomic E-state index is -0.327. The van der Waals surface area contributed by atoms with Gasteiger partial charge in [-0.25, -0.2) is 4.39 Å². The normalized spacial score (nSPS) is 11.8. The maximum atomic E-state index is 13.5. The number of hydrogen-bond donors (Lipinski definition) is 1. The highest BCUT2D eigenvalue weighted by Crippen LogP contribution is 2.28. The van der Waals surface area contributed by atoms with Crippen LogP contribution in [0.1, 0.15) is 31.7 Å². The van der Waals surface area contributed by atoms with Crippen molar-refractivity contribution >= 4 is 5.91 Å². The highest BCUT2D eigenvalue weighted by atomic mass is 19.1. The standard InChI is InChI=1S/C20H21FN2O/c1-14(2)11-19(20(24)23-10-9-22)17-7-3-5-15(12-17)16-6-4-8-18(21)13-16/h3-8,12-14,19H,10-11H2,1-2H3,(H,23,24). The Bertz CT molecular complexity index is 749. The molecule has 1 unspecified atom stereocenters. The number of hydrogen-bond acceptors (Lipinski definition) is 2. The highest BCUT2D eigenvalue weighted by molar-refractivity contribution is 5.84. The lowest BCUT2D eigenvalue weighted by Gasteiger charge is -2.19. The van der Waals surface area contributed by atoms with Crippen molar-refractivity contribution in [3.8, 4) is 17.2 Å². The van der Waals surface area contributed by atoms with Crippen molar-refractivity contribution < 1.29 is 9.18 Å². The number of amides is 1. The van der Waals surface area contributed by atoms with Crippen LogP contribution in [0.2, 0.25) is 0 Å². The molecule has 0 radical (unpaired) electrons. The molecule has 0 spiro atoms. The molecule has 0 bridgehead atoms. The Kier molecular flexibility index (Phi) is 6.08. The molecule has 0 fully saturated rings. The third-order valence-electron chi connectivity index (χ3n) is 3.81. The first-order valence-electron chi connectivity index (χ1n) is 8.02. The van der Waals surface area contributed by atoms with Crippen LogP contribution < -0.4 is 5.32 Å². The lowest BCUT2D eigenvalue weighted by molar-refractivity contribution is -0.122. The summed E-state index contributed by atoms with van der Waals surface area (Å²) in [5.74, 6) is -0.433. The van der Waals surface area contributed by atoms with Gasteiger partial charge in [-0.3, -0.25) is 4.79 Å². The number of carbonyl (C=O) groups excluding carboxylic acids is 1. The molecule has 4 heteroatoms. The first kappa shape index (κ1) is 17.7. The van der Waals surface area contributed by atoms with Crippen LogP contribution in [0.3, 0.4) is 0 Å². The van der Waals surface area contributed by atoms with E-state index < -0.39 is 0 Å². The van der Waals surface area contributed by atoms with Gasteiger partial charge in [0.25, 0.3) is 0 Å². The Labute approximate surface area is 142 Å². The summed E-state index contributed by atoms with van der Waals surface area (Å²) >= 11 is 0. The molecule has 0 aromatic heterocycles. The third-order valence-corrected chi connectivity index (χ3v) is 3.81. The van der Waals surface area contributed by atoms with Crippen molar-refractivity contribution in [1.82, 2.24) is 5.32 Å². The number of halogens is 1. The Hall–Kier alpha value is -2.67. The van der Waals surface area contributed by atoms with E-state index in [4.69, 9.17) is 5.26 Å². The van der Waals surface area contributed by atoms with Gasteiger partial charge in [-0.05, 0) is 41.2 Å². The van der Waals surface area contributed by atoms with Gasteiger partial charge in [0.2, 0.25) is 5.91 Å². The zero-order valence-corrected chi connectivity index (χ0v) is 13.9. The second kappa shape index (κ2) is 8.26. The molecule has 1 N–H and O–H groups in total. The highest BCUT2D eigenvalue weighted by Gasteiger charge is 2.22. The molecule has 0 saturated carbocycles. The summed E-state index contributed by atoms with van der Waals surface area (Å²) in [5.41, 5.74) is 2.52. The first-order valence-corrected chi connectivity index (χ1v) is 8.02. The van der Waals surface area contributed by atoms with Gasteiger partial charge in [-0.2, -0.15) is 5.26 Å². The van der Waals surface area contributed by atoms with Crippen LogP contribution >= 0.6 is 0 Å². The lowest BCUT2D eigenvalue weighted by Crippen LogP contribution is -2.30. The number of nitrogens with zero attached hydrogens (tertiary/aromatic N) is 1. The Morgan fingerprint density at radius 3 is 2.46 bits per heavy atom. The maximum Gasteiger partial charge on any atom is 0.228 e. The molecule has 0 aliphatic carbocycles. The summed E-state index contributed by atoms with van der Waals surface area (Å²) in [6, 6.07) is 15.9. The van der Waals surface area contributed by atoms with E-state index in [-0.39, 0.29) is 24.2 Å². The van der Waals surface area contributed by atoms with Crippen molar-refractivity contribution in [3.63, 3.8) is 0 Å². The molecule has 1 amide bonds. The Balaban J connectivity index is 2.34. The molecule has 0 aliphatic heterocycles. The number of benzene rings is 2. The number of nitrogens with one attached hydrogen (secondary N) is 1. The van der Waals surface area contributed by atoms with Crippen LogP contribution in [0.15, 0.2) is 48.5 Å². The van der Waals surface area contributed by atoms with E-state index in [9.17, 15) is 9.18 Å². The number of carbonyl (C=O) groups is 1. The maximum absolute atomic E-state index is 13.5. The van der Waals surface area contributed by atoms with Gasteiger partial charge in [-0.15, -0.1) is 0 Å². The minimum Gasteiger partial charge on any atom is -0.342 e. The fourth-order valence-electron chi connectivity index (χ4n) is 2.72. The van der Waals surface area contributed by atoms with Crippen molar-refractivity contribution in [2.75, 3.05) is 6.54 Å². The second-order valence-corrected chi connectivity index (χ2v) is 6.19. The molecule has 3 nitrogen and oxygen atoms in total. The van der Waals surface area contributed by atoms with E-state index in [2.05, 4.69) is 19.2 Å². The quantitative estimate of drug-likeness (QED) is 0.807. The molecular weight excluding hydrogens is 303 g/mol. The number of nitriles is 1. The van der Waals surface area contributed by atoms with E-state index in [1.54, 1.807) is 6.07 Å². The van der Waals surface area contributed by atoms with Crippen LogP contribution in [0.25, 0.3) is 11.1 Å². The first-order chi connectivity index (χ1) is 11.5. The van der Waals surface area contributed by atoms with E-state index in [0.717, 1.165) is 16.7 Å². The average Bonchev–Trinajstić information content (AvgIpc) is 2.57. The molecule has 124 valence electrons.